The summed E-state index contributed by atoms with van der Waals surface area (Å²) in [5.41, 5.74) is 0.923. The Labute approximate surface area is 117 Å². The molecule has 4 nitrogen and oxygen atoms in total. The molecule has 104 valence electrons. The minimum Gasteiger partial charge on any atom is -0.469 e. The Balaban J connectivity index is 1.98. The van der Waals surface area contributed by atoms with E-state index in [0.29, 0.717) is 6.42 Å². The maximum absolute atomic E-state index is 11.4. The Morgan fingerprint density at radius 3 is 2.95 bits per heavy atom. The summed E-state index contributed by atoms with van der Waals surface area (Å²) in [6, 6.07) is 3.72. The lowest BCUT2D eigenvalue weighted by Crippen LogP contribution is -2.13. The molecule has 5 heteroatoms. The number of hydrogen-bond donors (Lipinski definition) is 1. The van der Waals surface area contributed by atoms with E-state index in [1.165, 1.54) is 7.11 Å². The topological polar surface area (TPSA) is 59.4 Å². The fraction of sp³-hybridized carbons (Fsp3) is 0.571. The smallest absolute Gasteiger partial charge is 0.306 e. The molecule has 1 aliphatic carbocycles. The summed E-state index contributed by atoms with van der Waals surface area (Å²) in [5.74, 6) is 0.702. The summed E-state index contributed by atoms with van der Waals surface area (Å²) in [6.07, 6.45) is 3.81. The standard InChI is InChI=1S/C14H19NO3S/c1-10(16)11-4-3-7-15-13(11)19-9-14(5-6-14)8-12(17)18-2/h3-4,7,10,16H,5-6,8-9H2,1-2H3/t10-/m1/s1. The van der Waals surface area contributed by atoms with Gasteiger partial charge in [0.25, 0.3) is 0 Å². The van der Waals surface area contributed by atoms with Gasteiger partial charge in [0.05, 0.1) is 19.6 Å². The number of thioether (sulfide) groups is 1. The Hall–Kier alpha value is -1.07. The number of nitrogens with zero attached hydrogens (tertiary/aromatic N) is 1. The molecule has 0 amide bonds. The van der Waals surface area contributed by atoms with E-state index in [1.54, 1.807) is 24.9 Å². The Morgan fingerprint density at radius 2 is 2.37 bits per heavy atom. The molecule has 1 atom stereocenters. The zero-order valence-electron chi connectivity index (χ0n) is 11.3. The number of rotatable bonds is 6. The number of ether oxygens (including phenoxy) is 1. The lowest BCUT2D eigenvalue weighted by Gasteiger charge is -2.15. The van der Waals surface area contributed by atoms with Crippen LogP contribution in [0.25, 0.3) is 0 Å². The maximum atomic E-state index is 11.4. The number of aromatic nitrogens is 1. The summed E-state index contributed by atoms with van der Waals surface area (Å²) in [4.78, 5) is 15.7. The van der Waals surface area contributed by atoms with Crippen molar-refractivity contribution in [2.24, 2.45) is 5.41 Å². The van der Waals surface area contributed by atoms with Crippen LogP contribution in [-0.4, -0.2) is 28.9 Å². The van der Waals surface area contributed by atoms with E-state index in [9.17, 15) is 9.90 Å². The molecule has 1 saturated carbocycles. The van der Waals surface area contributed by atoms with E-state index in [-0.39, 0.29) is 11.4 Å². The largest absolute Gasteiger partial charge is 0.469 e. The van der Waals surface area contributed by atoms with Crippen LogP contribution in [0.2, 0.25) is 0 Å². The van der Waals surface area contributed by atoms with Crippen LogP contribution in [0.3, 0.4) is 0 Å². The highest BCUT2D eigenvalue weighted by molar-refractivity contribution is 7.99. The second-order valence-electron chi connectivity index (χ2n) is 5.12. The Kier molecular flexibility index (Phi) is 4.47. The van der Waals surface area contributed by atoms with Gasteiger partial charge in [-0.2, -0.15) is 0 Å². The highest BCUT2D eigenvalue weighted by Gasteiger charge is 2.44. The van der Waals surface area contributed by atoms with E-state index < -0.39 is 6.10 Å². The van der Waals surface area contributed by atoms with Crippen LogP contribution in [0.1, 0.15) is 37.9 Å². The molecule has 19 heavy (non-hydrogen) atoms. The molecule has 0 bridgehead atoms. The highest BCUT2D eigenvalue weighted by atomic mass is 32.2. The predicted molar refractivity (Wildman–Crippen MR) is 73.9 cm³/mol. The first-order valence-electron chi connectivity index (χ1n) is 6.39. The summed E-state index contributed by atoms with van der Waals surface area (Å²) >= 11 is 1.62. The summed E-state index contributed by atoms with van der Waals surface area (Å²) in [5, 5.41) is 10.6. The second kappa shape index (κ2) is 5.92. The van der Waals surface area contributed by atoms with E-state index in [1.807, 2.05) is 12.1 Å². The molecule has 1 aromatic rings. The number of aliphatic hydroxyl groups is 1. The zero-order valence-corrected chi connectivity index (χ0v) is 12.1. The molecule has 0 saturated heterocycles. The van der Waals surface area contributed by atoms with E-state index in [4.69, 9.17) is 4.74 Å². The molecule has 0 aromatic carbocycles. The van der Waals surface area contributed by atoms with E-state index in [2.05, 4.69) is 4.98 Å². The second-order valence-corrected chi connectivity index (χ2v) is 6.08. The highest BCUT2D eigenvalue weighted by Crippen LogP contribution is 2.52. The quantitative estimate of drug-likeness (QED) is 0.641. The normalized spacial score (nSPS) is 17.8. The molecule has 1 fully saturated rings. The van der Waals surface area contributed by atoms with Crippen LogP contribution < -0.4 is 0 Å². The minimum absolute atomic E-state index is 0.0746. The molecule has 0 spiro atoms. The fourth-order valence-corrected chi connectivity index (χ4v) is 3.36. The number of aliphatic hydroxyl groups excluding tert-OH is 1. The van der Waals surface area contributed by atoms with Gasteiger partial charge >= 0.3 is 5.97 Å². The third-order valence-corrected chi connectivity index (χ3v) is 4.84. The average Bonchev–Trinajstić information content (AvgIpc) is 3.16. The van der Waals surface area contributed by atoms with Gasteiger partial charge in [0.1, 0.15) is 5.03 Å². The number of carbonyl (C=O) groups is 1. The van der Waals surface area contributed by atoms with Crippen LogP contribution in [0.4, 0.5) is 0 Å². The van der Waals surface area contributed by atoms with Crippen molar-refractivity contribution >= 4 is 17.7 Å². The molecule has 1 heterocycles. The van der Waals surface area contributed by atoms with Crippen molar-refractivity contribution in [3.8, 4) is 0 Å². The van der Waals surface area contributed by atoms with Gasteiger partial charge in [0.15, 0.2) is 0 Å². The van der Waals surface area contributed by atoms with Gasteiger partial charge in [-0.05, 0) is 31.2 Å². The van der Waals surface area contributed by atoms with Crippen molar-refractivity contribution in [1.29, 1.82) is 0 Å². The van der Waals surface area contributed by atoms with Crippen molar-refractivity contribution in [3.05, 3.63) is 23.9 Å². The zero-order chi connectivity index (χ0) is 13.9. The summed E-state index contributed by atoms with van der Waals surface area (Å²) in [7, 11) is 1.43. The number of esters is 1. The Morgan fingerprint density at radius 1 is 1.63 bits per heavy atom. The van der Waals surface area contributed by atoms with Crippen molar-refractivity contribution in [3.63, 3.8) is 0 Å². The van der Waals surface area contributed by atoms with Gasteiger partial charge in [-0.15, -0.1) is 11.8 Å². The molecular weight excluding hydrogens is 262 g/mol. The summed E-state index contributed by atoms with van der Waals surface area (Å²) in [6.45, 7) is 1.74. The fourth-order valence-electron chi connectivity index (χ4n) is 1.99. The van der Waals surface area contributed by atoms with Crippen LogP contribution >= 0.6 is 11.8 Å². The number of hydrogen-bond acceptors (Lipinski definition) is 5. The maximum Gasteiger partial charge on any atom is 0.306 e. The van der Waals surface area contributed by atoms with E-state index in [0.717, 1.165) is 29.2 Å². The first kappa shape index (κ1) is 14.3. The molecule has 1 N–H and O–H groups in total. The van der Waals surface area contributed by atoms with Crippen molar-refractivity contribution in [2.75, 3.05) is 12.9 Å². The SMILES string of the molecule is COC(=O)CC1(CSc2ncccc2[C@@H](C)O)CC1. The van der Waals surface area contributed by atoms with Gasteiger partial charge in [-0.1, -0.05) is 6.07 Å². The van der Waals surface area contributed by atoms with Crippen molar-refractivity contribution in [1.82, 2.24) is 4.98 Å². The molecule has 1 aromatic heterocycles. The van der Waals surface area contributed by atoms with Crippen LogP contribution in [0, 0.1) is 5.41 Å². The molecule has 0 aliphatic heterocycles. The van der Waals surface area contributed by atoms with Gasteiger partial charge in [-0.25, -0.2) is 4.98 Å². The van der Waals surface area contributed by atoms with Crippen molar-refractivity contribution < 1.29 is 14.6 Å². The molecule has 1 aliphatic rings. The third-order valence-electron chi connectivity index (χ3n) is 3.47. The average molecular weight is 281 g/mol. The molecule has 2 rings (SSSR count). The van der Waals surface area contributed by atoms with Gasteiger partial charge in [-0.3, -0.25) is 4.79 Å². The lowest BCUT2D eigenvalue weighted by atomic mass is 10.1. The Bertz CT molecular complexity index is 458. The number of pyridine rings is 1. The van der Waals surface area contributed by atoms with Crippen LogP contribution in [0.5, 0.6) is 0 Å². The van der Waals surface area contributed by atoms with Crippen molar-refractivity contribution in [2.45, 2.75) is 37.3 Å². The lowest BCUT2D eigenvalue weighted by molar-refractivity contribution is -0.141. The van der Waals surface area contributed by atoms with Gasteiger partial charge in [0.2, 0.25) is 0 Å². The van der Waals surface area contributed by atoms with Crippen LogP contribution in [0.15, 0.2) is 23.4 Å². The minimum atomic E-state index is -0.521. The molecule has 0 radical (unpaired) electrons. The monoisotopic (exact) mass is 281 g/mol. The van der Waals surface area contributed by atoms with Gasteiger partial charge in [0, 0.05) is 17.5 Å². The molecular formula is C14H19NO3S. The molecule has 0 unspecified atom stereocenters. The first-order chi connectivity index (χ1) is 9.06. The third kappa shape index (κ3) is 3.70. The van der Waals surface area contributed by atoms with Gasteiger partial charge < -0.3 is 9.84 Å². The van der Waals surface area contributed by atoms with Crippen LogP contribution in [-0.2, 0) is 9.53 Å². The predicted octanol–water partition coefficient (Wildman–Crippen LogP) is 2.57. The number of methoxy groups -OCH3 is 1. The first-order valence-corrected chi connectivity index (χ1v) is 7.37. The number of carbonyl (C=O) groups excluding carboxylic acids is 1. The summed E-state index contributed by atoms with van der Waals surface area (Å²) < 4.78 is 4.74. The van der Waals surface area contributed by atoms with E-state index >= 15 is 0 Å².